The van der Waals surface area contributed by atoms with E-state index < -0.39 is 0 Å². The molecule has 0 atom stereocenters. The predicted molar refractivity (Wildman–Crippen MR) is 52.9 cm³/mol. The molecule has 74 valence electrons. The van der Waals surface area contributed by atoms with Crippen LogP contribution in [-0.4, -0.2) is 14.9 Å². The van der Waals surface area contributed by atoms with Crippen molar-refractivity contribution < 1.29 is 5.11 Å². The van der Waals surface area contributed by atoms with Crippen molar-refractivity contribution in [3.05, 3.63) is 11.4 Å². The monoisotopic (exact) mass is 182 g/mol. The number of hydrogen-bond acceptors (Lipinski definition) is 2. The molecule has 0 spiro atoms. The molecule has 0 bridgehead atoms. The molecule has 3 nitrogen and oxygen atoms in total. The number of hydrogen-bond donors (Lipinski definition) is 1. The summed E-state index contributed by atoms with van der Waals surface area (Å²) in [4.78, 5) is 0. The van der Waals surface area contributed by atoms with Crippen molar-refractivity contribution in [2.45, 2.75) is 46.6 Å². The van der Waals surface area contributed by atoms with Gasteiger partial charge in [0, 0.05) is 6.54 Å². The second-order valence-corrected chi connectivity index (χ2v) is 3.30. The smallest absolute Gasteiger partial charge is 0.159 e. The van der Waals surface area contributed by atoms with E-state index in [1.807, 2.05) is 18.5 Å². The summed E-state index contributed by atoms with van der Waals surface area (Å²) in [6.45, 7) is 6.87. The fraction of sp³-hybridized carbons (Fsp3) is 0.700. The highest BCUT2D eigenvalue weighted by Gasteiger charge is 2.11. The van der Waals surface area contributed by atoms with Crippen LogP contribution in [-0.2, 0) is 13.0 Å². The number of unbranched alkanes of at least 4 members (excludes halogenated alkanes) is 1. The van der Waals surface area contributed by atoms with Gasteiger partial charge in [0.1, 0.15) is 5.69 Å². The van der Waals surface area contributed by atoms with Gasteiger partial charge >= 0.3 is 0 Å². The van der Waals surface area contributed by atoms with Crippen LogP contribution < -0.4 is 0 Å². The molecular weight excluding hydrogens is 164 g/mol. The molecule has 1 N–H and O–H groups in total. The Labute approximate surface area is 79.4 Å². The Balaban J connectivity index is 2.88. The van der Waals surface area contributed by atoms with Gasteiger partial charge in [0.05, 0.1) is 5.69 Å². The summed E-state index contributed by atoms with van der Waals surface area (Å²) in [6.07, 6.45) is 3.18. The summed E-state index contributed by atoms with van der Waals surface area (Å²) in [5.41, 5.74) is 1.73. The number of nitrogens with zero attached hydrogens (tertiary/aromatic N) is 2. The average Bonchev–Trinajstić information content (AvgIpc) is 2.40. The standard InChI is InChI=1S/C10H18N2O/c1-4-6-7-9-10(13)8(3)11-12(9)5-2/h13H,4-7H2,1-3H3. The summed E-state index contributed by atoms with van der Waals surface area (Å²) >= 11 is 0. The van der Waals surface area contributed by atoms with Crippen molar-refractivity contribution in [3.63, 3.8) is 0 Å². The molecular formula is C10H18N2O. The topological polar surface area (TPSA) is 38.1 Å². The summed E-state index contributed by atoms with van der Waals surface area (Å²) < 4.78 is 1.89. The molecule has 0 aliphatic heterocycles. The van der Waals surface area contributed by atoms with Crippen LogP contribution in [0.15, 0.2) is 0 Å². The molecule has 0 aliphatic carbocycles. The third-order valence-corrected chi connectivity index (χ3v) is 2.27. The molecule has 3 heteroatoms. The van der Waals surface area contributed by atoms with Gasteiger partial charge in [-0.25, -0.2) is 0 Å². The van der Waals surface area contributed by atoms with Crippen LogP contribution in [0.2, 0.25) is 0 Å². The fourth-order valence-electron chi connectivity index (χ4n) is 1.47. The van der Waals surface area contributed by atoms with Crippen LogP contribution in [0.25, 0.3) is 0 Å². The van der Waals surface area contributed by atoms with E-state index in [0.29, 0.717) is 5.75 Å². The van der Waals surface area contributed by atoms with E-state index in [-0.39, 0.29) is 0 Å². The molecule has 0 saturated heterocycles. The molecule has 0 fully saturated rings. The molecule has 1 aromatic rings. The van der Waals surface area contributed by atoms with E-state index in [1.54, 1.807) is 0 Å². The highest BCUT2D eigenvalue weighted by atomic mass is 16.3. The van der Waals surface area contributed by atoms with Gasteiger partial charge in [-0.2, -0.15) is 5.10 Å². The number of aromatic nitrogens is 2. The van der Waals surface area contributed by atoms with Crippen molar-refractivity contribution in [1.29, 1.82) is 0 Å². The van der Waals surface area contributed by atoms with E-state index in [9.17, 15) is 5.11 Å². The molecule has 1 aromatic heterocycles. The minimum absolute atomic E-state index is 0.385. The Morgan fingerprint density at radius 3 is 2.62 bits per heavy atom. The van der Waals surface area contributed by atoms with Crippen molar-refractivity contribution in [3.8, 4) is 5.75 Å². The normalized spacial score (nSPS) is 10.7. The van der Waals surface area contributed by atoms with Crippen LogP contribution in [0, 0.1) is 6.92 Å². The van der Waals surface area contributed by atoms with Gasteiger partial charge in [0.15, 0.2) is 5.75 Å². The molecule has 1 rings (SSSR count). The third kappa shape index (κ3) is 2.02. The zero-order valence-electron chi connectivity index (χ0n) is 8.67. The van der Waals surface area contributed by atoms with Crippen molar-refractivity contribution >= 4 is 0 Å². The van der Waals surface area contributed by atoms with Crippen LogP contribution in [0.1, 0.15) is 38.1 Å². The number of aromatic hydroxyl groups is 1. The molecule has 1 heterocycles. The first kappa shape index (κ1) is 10.1. The Morgan fingerprint density at radius 1 is 1.38 bits per heavy atom. The molecule has 0 amide bonds. The summed E-state index contributed by atoms with van der Waals surface area (Å²) in [5.74, 6) is 0.385. The minimum Gasteiger partial charge on any atom is -0.504 e. The largest absolute Gasteiger partial charge is 0.504 e. The first-order valence-electron chi connectivity index (χ1n) is 4.95. The molecule has 13 heavy (non-hydrogen) atoms. The summed E-state index contributed by atoms with van der Waals surface area (Å²) in [7, 11) is 0. The van der Waals surface area contributed by atoms with Crippen LogP contribution in [0.4, 0.5) is 0 Å². The van der Waals surface area contributed by atoms with Gasteiger partial charge in [-0.3, -0.25) is 4.68 Å². The second-order valence-electron chi connectivity index (χ2n) is 3.30. The summed E-state index contributed by atoms with van der Waals surface area (Å²) in [5, 5.41) is 13.9. The third-order valence-electron chi connectivity index (χ3n) is 2.27. The van der Waals surface area contributed by atoms with Crippen molar-refractivity contribution in [2.75, 3.05) is 0 Å². The molecule has 0 aromatic carbocycles. The molecule has 0 unspecified atom stereocenters. The maximum absolute atomic E-state index is 9.69. The fourth-order valence-corrected chi connectivity index (χ4v) is 1.47. The van der Waals surface area contributed by atoms with Gasteiger partial charge in [-0.1, -0.05) is 13.3 Å². The van der Waals surface area contributed by atoms with E-state index in [0.717, 1.165) is 37.2 Å². The van der Waals surface area contributed by atoms with Gasteiger partial charge in [0.25, 0.3) is 0 Å². The lowest BCUT2D eigenvalue weighted by molar-refractivity contribution is 0.459. The van der Waals surface area contributed by atoms with E-state index in [1.165, 1.54) is 0 Å². The number of aryl methyl sites for hydroxylation is 2. The maximum atomic E-state index is 9.69. The zero-order chi connectivity index (χ0) is 9.84. The lowest BCUT2D eigenvalue weighted by Gasteiger charge is -2.03. The highest BCUT2D eigenvalue weighted by Crippen LogP contribution is 2.22. The average molecular weight is 182 g/mol. The van der Waals surface area contributed by atoms with Gasteiger partial charge in [-0.15, -0.1) is 0 Å². The predicted octanol–water partition coefficient (Wildman–Crippen LogP) is 2.26. The zero-order valence-corrected chi connectivity index (χ0v) is 8.67. The van der Waals surface area contributed by atoms with Crippen molar-refractivity contribution in [1.82, 2.24) is 9.78 Å². The van der Waals surface area contributed by atoms with Crippen LogP contribution in [0.5, 0.6) is 5.75 Å². The van der Waals surface area contributed by atoms with E-state index in [4.69, 9.17) is 0 Å². The quantitative estimate of drug-likeness (QED) is 0.775. The molecule has 0 aliphatic rings. The number of rotatable bonds is 4. The lowest BCUT2D eigenvalue weighted by atomic mass is 10.2. The highest BCUT2D eigenvalue weighted by molar-refractivity contribution is 5.31. The van der Waals surface area contributed by atoms with E-state index in [2.05, 4.69) is 12.0 Å². The SMILES string of the molecule is CCCCc1c(O)c(C)nn1CC. The maximum Gasteiger partial charge on any atom is 0.159 e. The second kappa shape index (κ2) is 4.30. The van der Waals surface area contributed by atoms with Crippen LogP contribution in [0.3, 0.4) is 0 Å². The Morgan fingerprint density at radius 2 is 2.08 bits per heavy atom. The Kier molecular flexibility index (Phi) is 3.34. The van der Waals surface area contributed by atoms with Gasteiger partial charge in [0.2, 0.25) is 0 Å². The van der Waals surface area contributed by atoms with Gasteiger partial charge < -0.3 is 5.11 Å². The molecule has 0 saturated carbocycles. The Hall–Kier alpha value is -0.990. The van der Waals surface area contributed by atoms with Gasteiger partial charge in [-0.05, 0) is 26.7 Å². The lowest BCUT2D eigenvalue weighted by Crippen LogP contribution is -2.02. The first-order chi connectivity index (χ1) is 6.20. The first-order valence-corrected chi connectivity index (χ1v) is 4.95. The Bertz CT molecular complexity index is 279. The van der Waals surface area contributed by atoms with E-state index >= 15 is 0 Å². The van der Waals surface area contributed by atoms with Crippen LogP contribution >= 0.6 is 0 Å². The van der Waals surface area contributed by atoms with Crippen molar-refractivity contribution in [2.24, 2.45) is 0 Å². The molecule has 0 radical (unpaired) electrons. The minimum atomic E-state index is 0.385. The summed E-state index contributed by atoms with van der Waals surface area (Å²) in [6, 6.07) is 0.